The fourth-order valence-electron chi connectivity index (χ4n) is 1.89. The van der Waals surface area contributed by atoms with E-state index in [1.54, 1.807) is 0 Å². The molecule has 1 saturated heterocycles. The van der Waals surface area contributed by atoms with Gasteiger partial charge >= 0.3 is 0 Å². The summed E-state index contributed by atoms with van der Waals surface area (Å²) in [4.78, 5) is 12.1. The van der Waals surface area contributed by atoms with Gasteiger partial charge in [0.05, 0.1) is 12.3 Å². The molecule has 1 unspecified atom stereocenters. The average Bonchev–Trinajstić information content (AvgIpc) is 2.95. The maximum absolute atomic E-state index is 12.1. The Hall–Kier alpha value is -1.44. The highest BCUT2D eigenvalue weighted by Crippen LogP contribution is 2.25. The van der Waals surface area contributed by atoms with Crippen LogP contribution >= 0.6 is 11.8 Å². The zero-order valence-corrected chi connectivity index (χ0v) is 11.5. The van der Waals surface area contributed by atoms with Crippen LogP contribution in [0.5, 0.6) is 0 Å². The number of benzene rings is 1. The number of carbonyl (C=O) groups excluding carboxylic acids is 1. The minimum Gasteiger partial charge on any atom is -0.395 e. The number of nitrogens with one attached hydrogen (secondary N) is 1. The van der Waals surface area contributed by atoms with Crippen LogP contribution in [0.1, 0.15) is 18.4 Å². The average molecular weight is 275 g/mol. The van der Waals surface area contributed by atoms with Crippen molar-refractivity contribution in [3.63, 3.8) is 0 Å². The summed E-state index contributed by atoms with van der Waals surface area (Å²) in [6.45, 7) is 0.0564. The standard InChI is InChI=1S/C15H17NO2S/c17-9-4-3-6-12-5-1-2-7-14(12)16-15(18)13-8-10-19-11-13/h1-2,5,7,13,17H,4,8-11H2,(H,16,18). The lowest BCUT2D eigenvalue weighted by atomic mass is 10.1. The number of anilines is 1. The molecule has 0 radical (unpaired) electrons. The van der Waals surface area contributed by atoms with E-state index in [1.165, 1.54) is 0 Å². The van der Waals surface area contributed by atoms with E-state index in [1.807, 2.05) is 36.0 Å². The first kappa shape index (κ1) is 14.0. The minimum atomic E-state index is 0.0564. The molecular formula is C15H17NO2S. The Labute approximate surface area is 117 Å². The number of rotatable bonds is 3. The summed E-state index contributed by atoms with van der Waals surface area (Å²) in [6.07, 6.45) is 1.40. The molecule has 2 N–H and O–H groups in total. The van der Waals surface area contributed by atoms with Crippen LogP contribution in [-0.2, 0) is 4.79 Å². The third-order valence-electron chi connectivity index (χ3n) is 2.95. The first-order valence-corrected chi connectivity index (χ1v) is 7.54. The second-order valence-corrected chi connectivity index (χ2v) is 5.52. The number of amides is 1. The van der Waals surface area contributed by atoms with Gasteiger partial charge in [0.1, 0.15) is 0 Å². The number of carbonyl (C=O) groups is 1. The van der Waals surface area contributed by atoms with E-state index in [2.05, 4.69) is 17.2 Å². The van der Waals surface area contributed by atoms with Crippen molar-refractivity contribution in [3.8, 4) is 11.8 Å². The Morgan fingerprint density at radius 3 is 3.05 bits per heavy atom. The van der Waals surface area contributed by atoms with Crippen molar-refractivity contribution in [2.45, 2.75) is 12.8 Å². The molecule has 1 atom stereocenters. The van der Waals surface area contributed by atoms with Crippen molar-refractivity contribution >= 4 is 23.4 Å². The zero-order valence-electron chi connectivity index (χ0n) is 10.7. The van der Waals surface area contributed by atoms with Crippen LogP contribution in [0.3, 0.4) is 0 Å². The lowest BCUT2D eigenvalue weighted by Gasteiger charge is -2.11. The molecular weight excluding hydrogens is 258 g/mol. The molecule has 0 bridgehead atoms. The van der Waals surface area contributed by atoms with Crippen molar-refractivity contribution in [1.29, 1.82) is 0 Å². The molecule has 100 valence electrons. The van der Waals surface area contributed by atoms with Gasteiger partial charge in [-0.3, -0.25) is 4.79 Å². The minimum absolute atomic E-state index is 0.0564. The number of aliphatic hydroxyl groups is 1. The fourth-order valence-corrected chi connectivity index (χ4v) is 3.11. The first-order valence-electron chi connectivity index (χ1n) is 6.38. The Bertz CT molecular complexity index is 498. The third kappa shape index (κ3) is 4.02. The van der Waals surface area contributed by atoms with E-state index in [0.29, 0.717) is 6.42 Å². The summed E-state index contributed by atoms with van der Waals surface area (Å²) in [5.74, 6) is 8.03. The third-order valence-corrected chi connectivity index (χ3v) is 4.11. The lowest BCUT2D eigenvalue weighted by Crippen LogP contribution is -2.22. The number of aliphatic hydroxyl groups excluding tert-OH is 1. The Morgan fingerprint density at radius 1 is 1.47 bits per heavy atom. The van der Waals surface area contributed by atoms with Crippen LogP contribution < -0.4 is 5.32 Å². The van der Waals surface area contributed by atoms with Crippen LogP contribution in [0.4, 0.5) is 5.69 Å². The van der Waals surface area contributed by atoms with E-state index in [-0.39, 0.29) is 18.4 Å². The summed E-state index contributed by atoms with van der Waals surface area (Å²) in [7, 11) is 0. The predicted molar refractivity (Wildman–Crippen MR) is 79.1 cm³/mol. The lowest BCUT2D eigenvalue weighted by molar-refractivity contribution is -0.119. The molecule has 1 aliphatic rings. The van der Waals surface area contributed by atoms with Gasteiger partial charge in [-0.2, -0.15) is 11.8 Å². The van der Waals surface area contributed by atoms with Crippen LogP contribution in [0.25, 0.3) is 0 Å². The van der Waals surface area contributed by atoms with E-state index >= 15 is 0 Å². The maximum atomic E-state index is 12.1. The zero-order chi connectivity index (χ0) is 13.5. The molecule has 0 aromatic heterocycles. The topological polar surface area (TPSA) is 49.3 Å². The largest absolute Gasteiger partial charge is 0.395 e. The summed E-state index contributed by atoms with van der Waals surface area (Å²) < 4.78 is 0. The van der Waals surface area contributed by atoms with Crippen LogP contribution in [-0.4, -0.2) is 29.1 Å². The molecule has 1 aromatic carbocycles. The normalized spacial score (nSPS) is 17.6. The molecule has 4 heteroatoms. The van der Waals surface area contributed by atoms with Crippen LogP contribution in [0.15, 0.2) is 24.3 Å². The molecule has 19 heavy (non-hydrogen) atoms. The molecule has 1 amide bonds. The molecule has 1 aromatic rings. The Morgan fingerprint density at radius 2 is 2.32 bits per heavy atom. The van der Waals surface area contributed by atoms with Crippen molar-refractivity contribution < 1.29 is 9.90 Å². The molecule has 0 saturated carbocycles. The second kappa shape index (κ2) is 7.22. The van der Waals surface area contributed by atoms with Crippen LogP contribution in [0.2, 0.25) is 0 Å². The predicted octanol–water partition coefficient (Wildman–Crippen LogP) is 2.11. The van der Waals surface area contributed by atoms with Crippen molar-refractivity contribution in [2.75, 3.05) is 23.4 Å². The molecule has 1 fully saturated rings. The monoisotopic (exact) mass is 275 g/mol. The molecule has 3 nitrogen and oxygen atoms in total. The number of thioether (sulfide) groups is 1. The number of para-hydroxylation sites is 1. The van der Waals surface area contributed by atoms with Gasteiger partial charge in [0.15, 0.2) is 0 Å². The Kier molecular flexibility index (Phi) is 5.31. The van der Waals surface area contributed by atoms with E-state index in [0.717, 1.165) is 29.2 Å². The van der Waals surface area contributed by atoms with Gasteiger partial charge in [0.25, 0.3) is 0 Å². The van der Waals surface area contributed by atoms with Gasteiger partial charge in [-0.05, 0) is 24.3 Å². The van der Waals surface area contributed by atoms with Gasteiger partial charge in [0, 0.05) is 23.7 Å². The van der Waals surface area contributed by atoms with Gasteiger partial charge in [-0.1, -0.05) is 24.0 Å². The fraction of sp³-hybridized carbons (Fsp3) is 0.400. The summed E-state index contributed by atoms with van der Waals surface area (Å²) >= 11 is 1.83. The molecule has 2 rings (SSSR count). The smallest absolute Gasteiger partial charge is 0.228 e. The summed E-state index contributed by atoms with van der Waals surface area (Å²) in [5.41, 5.74) is 1.56. The van der Waals surface area contributed by atoms with Crippen molar-refractivity contribution in [3.05, 3.63) is 29.8 Å². The van der Waals surface area contributed by atoms with Crippen LogP contribution in [0, 0.1) is 17.8 Å². The highest BCUT2D eigenvalue weighted by molar-refractivity contribution is 7.99. The van der Waals surface area contributed by atoms with Gasteiger partial charge < -0.3 is 10.4 Å². The number of hydrogen-bond acceptors (Lipinski definition) is 3. The number of hydrogen-bond donors (Lipinski definition) is 2. The quantitative estimate of drug-likeness (QED) is 0.831. The van der Waals surface area contributed by atoms with E-state index < -0.39 is 0 Å². The highest BCUT2D eigenvalue weighted by Gasteiger charge is 2.23. The van der Waals surface area contributed by atoms with Crippen molar-refractivity contribution in [1.82, 2.24) is 0 Å². The van der Waals surface area contributed by atoms with Gasteiger partial charge in [-0.25, -0.2) is 0 Å². The molecule has 0 aliphatic carbocycles. The SMILES string of the molecule is O=C(Nc1ccccc1C#CCCO)C1CCSC1. The second-order valence-electron chi connectivity index (χ2n) is 4.37. The molecule has 0 spiro atoms. The van der Waals surface area contributed by atoms with Gasteiger partial charge in [-0.15, -0.1) is 0 Å². The summed E-state index contributed by atoms with van der Waals surface area (Å²) in [5, 5.41) is 11.7. The highest BCUT2D eigenvalue weighted by atomic mass is 32.2. The summed E-state index contributed by atoms with van der Waals surface area (Å²) in [6, 6.07) is 7.52. The Balaban J connectivity index is 2.07. The van der Waals surface area contributed by atoms with E-state index in [9.17, 15) is 4.79 Å². The van der Waals surface area contributed by atoms with Gasteiger partial charge in [0.2, 0.25) is 5.91 Å². The first-order chi connectivity index (χ1) is 9.31. The van der Waals surface area contributed by atoms with Crippen molar-refractivity contribution in [2.24, 2.45) is 5.92 Å². The molecule has 1 heterocycles. The van der Waals surface area contributed by atoms with E-state index in [4.69, 9.17) is 5.11 Å². The maximum Gasteiger partial charge on any atom is 0.228 e. The molecule has 1 aliphatic heterocycles.